The second-order valence-electron chi connectivity index (χ2n) is 4.04. The lowest BCUT2D eigenvalue weighted by Crippen LogP contribution is -2.21. The van der Waals surface area contributed by atoms with Crippen molar-refractivity contribution < 1.29 is 14.6 Å². The summed E-state index contributed by atoms with van der Waals surface area (Å²) in [6, 6.07) is 5.64. The van der Waals surface area contributed by atoms with Gasteiger partial charge in [0.25, 0.3) is 5.91 Å². The van der Waals surface area contributed by atoms with E-state index in [-0.39, 0.29) is 12.5 Å². The minimum Gasteiger partial charge on any atom is -0.495 e. The molecule has 0 aliphatic rings. The van der Waals surface area contributed by atoms with Crippen molar-refractivity contribution in [1.82, 2.24) is 5.32 Å². The Balaban J connectivity index is 1.92. The number of methoxy groups -OCH3 is 1. The fourth-order valence-corrected chi connectivity index (χ4v) is 3.21. The molecule has 2 aromatic rings. The number of hydrogen-bond acceptors (Lipinski definition) is 5. The van der Waals surface area contributed by atoms with Crippen molar-refractivity contribution in [1.29, 1.82) is 0 Å². The van der Waals surface area contributed by atoms with Gasteiger partial charge in [0.15, 0.2) is 0 Å². The van der Waals surface area contributed by atoms with Crippen molar-refractivity contribution in [2.24, 2.45) is 0 Å². The summed E-state index contributed by atoms with van der Waals surface area (Å²) in [4.78, 5) is 14.6. The molecule has 0 atom stereocenters. The Morgan fingerprint density at radius 3 is 3.05 bits per heavy atom. The first-order valence-corrected chi connectivity index (χ1v) is 8.02. The van der Waals surface area contributed by atoms with Crippen LogP contribution in [0.3, 0.4) is 0 Å². The highest BCUT2D eigenvalue weighted by Gasteiger charge is 2.13. The largest absolute Gasteiger partial charge is 0.495 e. The van der Waals surface area contributed by atoms with E-state index in [9.17, 15) is 4.79 Å². The molecule has 0 radical (unpaired) electrons. The molecule has 21 heavy (non-hydrogen) atoms. The van der Waals surface area contributed by atoms with Gasteiger partial charge in [-0.15, -0.1) is 22.7 Å². The summed E-state index contributed by atoms with van der Waals surface area (Å²) in [5.41, 5.74) is 0. The maximum absolute atomic E-state index is 12.0. The van der Waals surface area contributed by atoms with E-state index in [4.69, 9.17) is 9.84 Å². The van der Waals surface area contributed by atoms with Crippen LogP contribution in [-0.4, -0.2) is 24.7 Å². The molecule has 0 bridgehead atoms. The van der Waals surface area contributed by atoms with Crippen LogP contribution >= 0.6 is 22.7 Å². The van der Waals surface area contributed by atoms with Crippen LogP contribution in [0.15, 0.2) is 23.6 Å². The van der Waals surface area contributed by atoms with Crippen molar-refractivity contribution in [3.8, 4) is 17.6 Å². The summed E-state index contributed by atoms with van der Waals surface area (Å²) in [6.07, 6.45) is 0.474. The lowest BCUT2D eigenvalue weighted by atomic mass is 10.3. The molecule has 0 unspecified atom stereocenters. The molecular weight excluding hydrogens is 306 g/mol. The number of aliphatic hydroxyl groups excluding tert-OH is 1. The van der Waals surface area contributed by atoms with Crippen molar-refractivity contribution >= 4 is 28.6 Å². The van der Waals surface area contributed by atoms with Gasteiger partial charge in [0.2, 0.25) is 0 Å². The van der Waals surface area contributed by atoms with Crippen LogP contribution in [0, 0.1) is 11.8 Å². The molecule has 2 aromatic heterocycles. The molecule has 0 aromatic carbocycles. The highest BCUT2D eigenvalue weighted by molar-refractivity contribution is 7.13. The van der Waals surface area contributed by atoms with Crippen molar-refractivity contribution in [2.45, 2.75) is 13.0 Å². The van der Waals surface area contributed by atoms with Crippen LogP contribution in [0.2, 0.25) is 0 Å². The van der Waals surface area contributed by atoms with Gasteiger partial charge in [0.05, 0.1) is 25.1 Å². The van der Waals surface area contributed by atoms with Crippen LogP contribution in [0.4, 0.5) is 0 Å². The number of hydrogen-bond donors (Lipinski definition) is 2. The lowest BCUT2D eigenvalue weighted by Gasteiger charge is -2.03. The molecular formula is C15H15NO3S2. The summed E-state index contributed by atoms with van der Waals surface area (Å²) < 4.78 is 5.13. The number of amides is 1. The first-order chi connectivity index (χ1) is 10.2. The molecule has 0 saturated heterocycles. The van der Waals surface area contributed by atoms with Crippen LogP contribution in [-0.2, 0) is 6.54 Å². The van der Waals surface area contributed by atoms with Crippen LogP contribution in [0.5, 0.6) is 5.75 Å². The minimum atomic E-state index is -0.136. The van der Waals surface area contributed by atoms with Gasteiger partial charge >= 0.3 is 0 Å². The fraction of sp³-hybridized carbons (Fsp3) is 0.267. The normalized spacial score (nSPS) is 9.81. The number of nitrogens with one attached hydrogen (secondary N) is 1. The standard InChI is InChI=1S/C15H15NO3S2/c1-19-13-7-9-20-14(13)15(18)16-10-12-6-5-11(21-12)4-2-3-8-17/h5-7,9,17H,3,8,10H2,1H3,(H,16,18). The van der Waals surface area contributed by atoms with E-state index in [0.717, 1.165) is 9.75 Å². The molecule has 6 heteroatoms. The molecule has 110 valence electrons. The fourth-order valence-electron chi connectivity index (χ4n) is 1.62. The zero-order valence-corrected chi connectivity index (χ0v) is 13.1. The Morgan fingerprint density at radius 1 is 1.43 bits per heavy atom. The lowest BCUT2D eigenvalue weighted by molar-refractivity contribution is 0.0952. The maximum atomic E-state index is 12.0. The van der Waals surface area contributed by atoms with Crippen molar-refractivity contribution in [2.75, 3.05) is 13.7 Å². The molecule has 0 fully saturated rings. The molecule has 0 spiro atoms. The molecule has 1 amide bonds. The van der Waals surface area contributed by atoms with E-state index in [2.05, 4.69) is 17.2 Å². The Kier molecular flexibility index (Phi) is 5.81. The van der Waals surface area contributed by atoms with Gasteiger partial charge in [-0.1, -0.05) is 11.8 Å². The third-order valence-electron chi connectivity index (χ3n) is 2.59. The monoisotopic (exact) mass is 321 g/mol. The number of carbonyl (C=O) groups is 1. The van der Waals surface area contributed by atoms with Crippen LogP contribution in [0.25, 0.3) is 0 Å². The molecule has 0 saturated carbocycles. The highest BCUT2D eigenvalue weighted by atomic mass is 32.1. The van der Waals surface area contributed by atoms with E-state index < -0.39 is 0 Å². The van der Waals surface area contributed by atoms with Gasteiger partial charge < -0.3 is 15.2 Å². The second kappa shape index (κ2) is 7.84. The van der Waals surface area contributed by atoms with Gasteiger partial charge in [-0.25, -0.2) is 0 Å². The molecule has 4 nitrogen and oxygen atoms in total. The number of thiophene rings is 2. The predicted molar refractivity (Wildman–Crippen MR) is 84.9 cm³/mol. The van der Waals surface area contributed by atoms with Crippen molar-refractivity contribution in [3.05, 3.63) is 38.2 Å². The van der Waals surface area contributed by atoms with Gasteiger partial charge in [-0.05, 0) is 23.6 Å². The van der Waals surface area contributed by atoms with E-state index in [0.29, 0.717) is 23.6 Å². The minimum absolute atomic E-state index is 0.0733. The van der Waals surface area contributed by atoms with E-state index in [1.54, 1.807) is 13.2 Å². The number of aliphatic hydroxyl groups is 1. The topological polar surface area (TPSA) is 58.6 Å². The predicted octanol–water partition coefficient (Wildman–Crippen LogP) is 2.48. The van der Waals surface area contributed by atoms with Crippen LogP contribution < -0.4 is 10.1 Å². The molecule has 2 rings (SSSR count). The summed E-state index contributed by atoms with van der Waals surface area (Å²) >= 11 is 2.89. The first-order valence-electron chi connectivity index (χ1n) is 6.32. The average molecular weight is 321 g/mol. The van der Waals surface area contributed by atoms with E-state index >= 15 is 0 Å². The van der Waals surface area contributed by atoms with Crippen molar-refractivity contribution in [3.63, 3.8) is 0 Å². The number of rotatable bonds is 5. The quantitative estimate of drug-likeness (QED) is 0.832. The third kappa shape index (κ3) is 4.33. The van der Waals surface area contributed by atoms with Crippen LogP contribution in [0.1, 0.15) is 25.8 Å². The Hall–Kier alpha value is -1.81. The molecule has 2 N–H and O–H groups in total. The van der Waals surface area contributed by atoms with Gasteiger partial charge in [-0.2, -0.15) is 0 Å². The second-order valence-corrected chi connectivity index (χ2v) is 6.13. The third-order valence-corrected chi connectivity index (χ3v) is 4.48. The first kappa shape index (κ1) is 15.6. The molecule has 0 aliphatic carbocycles. The summed E-state index contributed by atoms with van der Waals surface area (Å²) in [6.45, 7) is 0.538. The SMILES string of the molecule is COc1ccsc1C(=O)NCc1ccc(C#CCCO)s1. The molecule has 2 heterocycles. The number of carbonyl (C=O) groups excluding carboxylic acids is 1. The summed E-state index contributed by atoms with van der Waals surface area (Å²) in [5.74, 6) is 6.31. The average Bonchev–Trinajstić information content (AvgIpc) is 3.14. The summed E-state index contributed by atoms with van der Waals surface area (Å²) in [7, 11) is 1.55. The number of ether oxygens (including phenoxy) is 1. The van der Waals surface area contributed by atoms with E-state index in [1.165, 1.54) is 22.7 Å². The smallest absolute Gasteiger partial charge is 0.265 e. The maximum Gasteiger partial charge on any atom is 0.265 e. The van der Waals surface area contributed by atoms with E-state index in [1.807, 2.05) is 17.5 Å². The molecule has 0 aliphatic heterocycles. The summed E-state index contributed by atoms with van der Waals surface area (Å²) in [5, 5.41) is 13.4. The highest BCUT2D eigenvalue weighted by Crippen LogP contribution is 2.24. The zero-order chi connectivity index (χ0) is 15.1. The van der Waals surface area contributed by atoms with Gasteiger partial charge in [0, 0.05) is 11.3 Å². The Labute approximate surface area is 131 Å². The Morgan fingerprint density at radius 2 is 2.29 bits per heavy atom. The Bertz CT molecular complexity index is 664. The van der Waals surface area contributed by atoms with Gasteiger partial charge in [-0.3, -0.25) is 4.79 Å². The zero-order valence-electron chi connectivity index (χ0n) is 11.5. The van der Waals surface area contributed by atoms with Gasteiger partial charge in [0.1, 0.15) is 10.6 Å².